The number of rotatable bonds is 6. The van der Waals surface area contributed by atoms with Crippen molar-refractivity contribution in [2.75, 3.05) is 31.9 Å². The fraction of sp³-hybridized carbons (Fsp3) is 0.176. The number of nitrogen functional groups attached to an aromatic ring is 1. The van der Waals surface area contributed by atoms with Gasteiger partial charge in [0.05, 0.1) is 25.5 Å². The summed E-state index contributed by atoms with van der Waals surface area (Å²) in [4.78, 5) is 23.4. The Morgan fingerprint density at radius 1 is 1.08 bits per heavy atom. The Balaban J connectivity index is 1.96. The number of amides is 1. The van der Waals surface area contributed by atoms with Crippen molar-refractivity contribution in [1.29, 1.82) is 0 Å². The molecule has 0 atom stereocenters. The maximum absolute atomic E-state index is 11.9. The van der Waals surface area contributed by atoms with E-state index < -0.39 is 5.97 Å². The molecule has 0 unspecified atom stereocenters. The number of nitrogens with one attached hydrogen (secondary N) is 1. The van der Waals surface area contributed by atoms with Crippen LogP contribution in [0.25, 0.3) is 0 Å². The first-order valence-electron chi connectivity index (χ1n) is 7.08. The minimum absolute atomic E-state index is 0.239. The van der Waals surface area contributed by atoms with E-state index in [9.17, 15) is 9.59 Å². The zero-order chi connectivity index (χ0) is 17.5. The van der Waals surface area contributed by atoms with Crippen LogP contribution in [0.1, 0.15) is 10.4 Å². The van der Waals surface area contributed by atoms with Gasteiger partial charge in [-0.05, 0) is 42.5 Å². The van der Waals surface area contributed by atoms with Crippen LogP contribution < -0.4 is 20.5 Å². The lowest BCUT2D eigenvalue weighted by Crippen LogP contribution is -2.20. The van der Waals surface area contributed by atoms with E-state index in [4.69, 9.17) is 15.2 Å². The molecule has 0 heterocycles. The van der Waals surface area contributed by atoms with Crippen molar-refractivity contribution in [3.63, 3.8) is 0 Å². The second-order valence-corrected chi connectivity index (χ2v) is 4.81. The molecule has 7 nitrogen and oxygen atoms in total. The van der Waals surface area contributed by atoms with Crippen molar-refractivity contribution < 1.29 is 23.8 Å². The molecule has 7 heteroatoms. The quantitative estimate of drug-likeness (QED) is 0.621. The number of carbonyl (C=O) groups excluding carboxylic acids is 2. The molecular formula is C17H18N2O5. The molecule has 1 amide bonds. The molecule has 0 fully saturated rings. The monoisotopic (exact) mass is 330 g/mol. The Labute approximate surface area is 139 Å². The highest BCUT2D eigenvalue weighted by Gasteiger charge is 2.11. The normalized spacial score (nSPS) is 9.92. The zero-order valence-corrected chi connectivity index (χ0v) is 13.4. The molecule has 2 aromatic carbocycles. The second kappa shape index (κ2) is 7.87. The average molecular weight is 330 g/mol. The lowest BCUT2D eigenvalue weighted by atomic mass is 10.2. The third-order valence-electron chi connectivity index (χ3n) is 3.17. The summed E-state index contributed by atoms with van der Waals surface area (Å²) < 4.78 is 15.1. The smallest absolute Gasteiger partial charge is 0.337 e. The molecule has 0 radical (unpaired) electrons. The Kier molecular flexibility index (Phi) is 5.62. The standard InChI is InChI=1S/C17H18N2O5/c1-22-13-6-4-12(5-7-13)19-16(20)10-24-15-9-11(17(21)23-2)3-8-14(15)18/h3-9H,10,18H2,1-2H3,(H,19,20). The van der Waals surface area contributed by atoms with Gasteiger partial charge in [-0.2, -0.15) is 0 Å². The summed E-state index contributed by atoms with van der Waals surface area (Å²) in [6, 6.07) is 11.4. The Bertz CT molecular complexity index is 728. The van der Waals surface area contributed by atoms with Crippen molar-refractivity contribution in [1.82, 2.24) is 0 Å². The van der Waals surface area contributed by atoms with Gasteiger partial charge in [0.1, 0.15) is 11.5 Å². The van der Waals surface area contributed by atoms with Gasteiger partial charge in [-0.25, -0.2) is 4.79 Å². The van der Waals surface area contributed by atoms with E-state index in [1.165, 1.54) is 25.3 Å². The molecule has 126 valence electrons. The first kappa shape index (κ1) is 17.1. The summed E-state index contributed by atoms with van der Waals surface area (Å²) in [7, 11) is 2.84. The largest absolute Gasteiger partial charge is 0.497 e. The van der Waals surface area contributed by atoms with E-state index in [1.54, 1.807) is 31.4 Å². The molecule has 0 saturated heterocycles. The first-order chi connectivity index (χ1) is 11.5. The molecule has 0 aliphatic carbocycles. The number of esters is 1. The molecule has 2 aromatic rings. The molecule has 0 aliphatic rings. The third kappa shape index (κ3) is 4.39. The Morgan fingerprint density at radius 2 is 1.79 bits per heavy atom. The minimum Gasteiger partial charge on any atom is -0.497 e. The highest BCUT2D eigenvalue weighted by molar-refractivity contribution is 5.92. The number of nitrogens with two attached hydrogens (primary N) is 1. The molecule has 2 rings (SSSR count). The van der Waals surface area contributed by atoms with Crippen LogP contribution in [0.2, 0.25) is 0 Å². The number of ether oxygens (including phenoxy) is 3. The first-order valence-corrected chi connectivity index (χ1v) is 7.08. The lowest BCUT2D eigenvalue weighted by molar-refractivity contribution is -0.118. The van der Waals surface area contributed by atoms with Gasteiger partial charge < -0.3 is 25.3 Å². The SMILES string of the molecule is COC(=O)c1ccc(N)c(OCC(=O)Nc2ccc(OC)cc2)c1. The van der Waals surface area contributed by atoms with E-state index >= 15 is 0 Å². The van der Waals surface area contributed by atoms with Gasteiger partial charge >= 0.3 is 5.97 Å². The van der Waals surface area contributed by atoms with Crippen LogP contribution in [0.4, 0.5) is 11.4 Å². The summed E-state index contributed by atoms with van der Waals surface area (Å²) in [5.74, 6) is 0.0602. The predicted molar refractivity (Wildman–Crippen MR) is 89.3 cm³/mol. The van der Waals surface area contributed by atoms with E-state index in [0.717, 1.165) is 0 Å². The molecule has 24 heavy (non-hydrogen) atoms. The predicted octanol–water partition coefficient (Wildman–Crippen LogP) is 2.08. The molecule has 0 spiro atoms. The maximum atomic E-state index is 11.9. The van der Waals surface area contributed by atoms with Crippen molar-refractivity contribution in [2.24, 2.45) is 0 Å². The Hall–Kier alpha value is -3.22. The van der Waals surface area contributed by atoms with Crippen LogP contribution in [0.15, 0.2) is 42.5 Å². The van der Waals surface area contributed by atoms with Gasteiger partial charge in [0.2, 0.25) is 0 Å². The number of hydrogen-bond donors (Lipinski definition) is 2. The van der Waals surface area contributed by atoms with Crippen LogP contribution in [-0.2, 0) is 9.53 Å². The van der Waals surface area contributed by atoms with E-state index in [-0.39, 0.29) is 23.8 Å². The average Bonchev–Trinajstić information content (AvgIpc) is 2.61. The van der Waals surface area contributed by atoms with Crippen molar-refractivity contribution in [2.45, 2.75) is 0 Å². The van der Waals surface area contributed by atoms with Crippen molar-refractivity contribution in [3.05, 3.63) is 48.0 Å². The van der Waals surface area contributed by atoms with E-state index in [0.29, 0.717) is 17.1 Å². The molecule has 0 saturated carbocycles. The minimum atomic E-state index is -0.512. The highest BCUT2D eigenvalue weighted by Crippen LogP contribution is 2.23. The molecule has 3 N–H and O–H groups in total. The van der Waals surface area contributed by atoms with Gasteiger partial charge in [0.25, 0.3) is 5.91 Å². The number of anilines is 2. The molecule has 0 aromatic heterocycles. The second-order valence-electron chi connectivity index (χ2n) is 4.81. The summed E-state index contributed by atoms with van der Waals surface area (Å²) in [6.07, 6.45) is 0. The molecule has 0 aliphatic heterocycles. The van der Waals surface area contributed by atoms with Crippen LogP contribution in [0.3, 0.4) is 0 Å². The Morgan fingerprint density at radius 3 is 2.42 bits per heavy atom. The molecule has 0 bridgehead atoms. The fourth-order valence-corrected chi connectivity index (χ4v) is 1.92. The topological polar surface area (TPSA) is 99.9 Å². The van der Waals surface area contributed by atoms with Gasteiger partial charge in [-0.1, -0.05) is 0 Å². The highest BCUT2D eigenvalue weighted by atomic mass is 16.5. The van der Waals surface area contributed by atoms with Gasteiger partial charge in [-0.15, -0.1) is 0 Å². The van der Waals surface area contributed by atoms with E-state index in [1.807, 2.05) is 0 Å². The van der Waals surface area contributed by atoms with Crippen LogP contribution >= 0.6 is 0 Å². The lowest BCUT2D eigenvalue weighted by Gasteiger charge is -2.11. The van der Waals surface area contributed by atoms with Gasteiger partial charge in [0.15, 0.2) is 6.61 Å². The van der Waals surface area contributed by atoms with Crippen molar-refractivity contribution >= 4 is 23.3 Å². The fourth-order valence-electron chi connectivity index (χ4n) is 1.92. The maximum Gasteiger partial charge on any atom is 0.337 e. The van der Waals surface area contributed by atoms with Gasteiger partial charge in [-0.3, -0.25) is 4.79 Å². The summed E-state index contributed by atoms with van der Waals surface area (Å²) in [5, 5.41) is 2.68. The third-order valence-corrected chi connectivity index (χ3v) is 3.17. The van der Waals surface area contributed by atoms with Crippen LogP contribution in [-0.4, -0.2) is 32.7 Å². The summed E-state index contributed by atoms with van der Waals surface area (Å²) in [5.41, 5.74) is 7.00. The van der Waals surface area contributed by atoms with Crippen LogP contribution in [0, 0.1) is 0 Å². The van der Waals surface area contributed by atoms with E-state index in [2.05, 4.69) is 10.1 Å². The number of methoxy groups -OCH3 is 2. The van der Waals surface area contributed by atoms with Crippen molar-refractivity contribution in [3.8, 4) is 11.5 Å². The molecular weight excluding hydrogens is 312 g/mol. The summed E-state index contributed by atoms with van der Waals surface area (Å²) >= 11 is 0. The number of benzene rings is 2. The van der Waals surface area contributed by atoms with Crippen LogP contribution in [0.5, 0.6) is 11.5 Å². The number of carbonyl (C=O) groups is 2. The summed E-state index contributed by atoms with van der Waals surface area (Å²) in [6.45, 7) is -0.249. The number of hydrogen-bond acceptors (Lipinski definition) is 6. The van der Waals surface area contributed by atoms with Gasteiger partial charge in [0, 0.05) is 5.69 Å². The zero-order valence-electron chi connectivity index (χ0n) is 13.4.